The average molecular weight is 178 g/mol. The van der Waals surface area contributed by atoms with Crippen LogP contribution in [0.4, 0.5) is 0 Å². The van der Waals surface area contributed by atoms with Crippen molar-refractivity contribution in [3.8, 4) is 0 Å². The Labute approximate surface area is 82.4 Å². The van der Waals surface area contributed by atoms with Gasteiger partial charge >= 0.3 is 0 Å². The third-order valence-corrected chi connectivity index (χ3v) is 4.87. The minimum Gasteiger partial charge on any atom is -0.0707 e. The molecule has 0 aromatic carbocycles. The van der Waals surface area contributed by atoms with Crippen LogP contribution in [0.3, 0.4) is 0 Å². The van der Waals surface area contributed by atoms with E-state index in [9.17, 15) is 0 Å². The normalized spacial score (nSPS) is 39.0. The van der Waals surface area contributed by atoms with E-state index in [0.717, 1.165) is 5.92 Å². The number of rotatable bonds is 0. The summed E-state index contributed by atoms with van der Waals surface area (Å²) in [5, 5.41) is 0. The zero-order chi connectivity index (χ0) is 9.85. The van der Waals surface area contributed by atoms with E-state index in [1.165, 1.54) is 19.3 Å². The van der Waals surface area contributed by atoms with E-state index in [1.807, 2.05) is 0 Å². The lowest BCUT2D eigenvalue weighted by Gasteiger charge is -2.42. The maximum Gasteiger partial charge on any atom is -0.00338 e. The zero-order valence-electron chi connectivity index (χ0n) is 9.70. The van der Waals surface area contributed by atoms with Crippen molar-refractivity contribution in [2.24, 2.45) is 16.7 Å². The molecule has 1 fully saturated rings. The van der Waals surface area contributed by atoms with Crippen LogP contribution >= 0.6 is 0 Å². The molecule has 0 nitrogen and oxygen atoms in total. The minimum absolute atomic E-state index is 0.462. The van der Waals surface area contributed by atoms with Gasteiger partial charge in [0.15, 0.2) is 0 Å². The number of allylic oxidation sites excluding steroid dienone is 2. The Hall–Kier alpha value is -0.260. The van der Waals surface area contributed by atoms with Gasteiger partial charge in [0.25, 0.3) is 0 Å². The van der Waals surface area contributed by atoms with Crippen molar-refractivity contribution in [1.29, 1.82) is 0 Å². The fraction of sp³-hybridized carbons (Fsp3) is 0.846. The Kier molecular flexibility index (Phi) is 1.72. The summed E-state index contributed by atoms with van der Waals surface area (Å²) in [7, 11) is 0. The molecule has 2 aliphatic carbocycles. The van der Waals surface area contributed by atoms with Gasteiger partial charge in [-0.25, -0.2) is 0 Å². The molecule has 0 aliphatic heterocycles. The van der Waals surface area contributed by atoms with Crippen LogP contribution in [0.25, 0.3) is 0 Å². The van der Waals surface area contributed by atoms with Crippen LogP contribution in [0.1, 0.15) is 53.9 Å². The van der Waals surface area contributed by atoms with Gasteiger partial charge in [0, 0.05) is 0 Å². The predicted molar refractivity (Wildman–Crippen MR) is 57.6 cm³/mol. The molecule has 0 spiro atoms. The first kappa shape index (κ1) is 9.30. The molecule has 2 atom stereocenters. The molecule has 0 radical (unpaired) electrons. The fourth-order valence-electron chi connectivity index (χ4n) is 3.68. The van der Waals surface area contributed by atoms with E-state index in [1.54, 1.807) is 11.1 Å². The van der Waals surface area contributed by atoms with Crippen LogP contribution in [-0.2, 0) is 0 Å². The maximum absolute atomic E-state index is 2.41. The first-order valence-electron chi connectivity index (χ1n) is 5.56. The Morgan fingerprint density at radius 2 is 1.85 bits per heavy atom. The monoisotopic (exact) mass is 178 g/mol. The van der Waals surface area contributed by atoms with Crippen LogP contribution in [0.5, 0.6) is 0 Å². The Bertz CT molecular complexity index is 264. The molecule has 0 N–H and O–H groups in total. The van der Waals surface area contributed by atoms with Crippen molar-refractivity contribution in [2.75, 3.05) is 0 Å². The molecule has 2 aliphatic rings. The van der Waals surface area contributed by atoms with Gasteiger partial charge in [-0.3, -0.25) is 0 Å². The highest BCUT2D eigenvalue weighted by Gasteiger charge is 2.53. The Morgan fingerprint density at radius 3 is 2.15 bits per heavy atom. The smallest absolute Gasteiger partial charge is 0.00338 e. The van der Waals surface area contributed by atoms with Gasteiger partial charge in [0.2, 0.25) is 0 Å². The first-order chi connectivity index (χ1) is 5.88. The van der Waals surface area contributed by atoms with Crippen LogP contribution in [0.2, 0.25) is 0 Å². The summed E-state index contributed by atoms with van der Waals surface area (Å²) < 4.78 is 0. The molecule has 74 valence electrons. The Balaban J connectivity index is 2.47. The van der Waals surface area contributed by atoms with Gasteiger partial charge in [-0.2, -0.15) is 0 Å². The van der Waals surface area contributed by atoms with E-state index >= 15 is 0 Å². The summed E-state index contributed by atoms with van der Waals surface area (Å²) in [5.41, 5.74) is 4.45. The number of fused-ring (bicyclic) bond motifs is 2. The average Bonchev–Trinajstić information content (AvgIpc) is 2.52. The van der Waals surface area contributed by atoms with Gasteiger partial charge < -0.3 is 0 Å². The lowest BCUT2D eigenvalue weighted by Crippen LogP contribution is -2.33. The van der Waals surface area contributed by atoms with Crippen molar-refractivity contribution in [1.82, 2.24) is 0 Å². The molecule has 0 aromatic heterocycles. The van der Waals surface area contributed by atoms with E-state index < -0.39 is 0 Å². The molecule has 0 saturated heterocycles. The second kappa shape index (κ2) is 2.40. The quantitative estimate of drug-likeness (QED) is 0.488. The zero-order valence-corrected chi connectivity index (χ0v) is 9.70. The maximum atomic E-state index is 2.41. The van der Waals surface area contributed by atoms with Crippen molar-refractivity contribution in [2.45, 2.75) is 53.9 Å². The van der Waals surface area contributed by atoms with Crippen LogP contribution in [0.15, 0.2) is 11.1 Å². The second-order valence-electron chi connectivity index (χ2n) is 6.08. The lowest BCUT2D eigenvalue weighted by atomic mass is 9.62. The highest BCUT2D eigenvalue weighted by atomic mass is 14.6. The molecule has 0 heterocycles. The van der Waals surface area contributed by atoms with E-state index in [-0.39, 0.29) is 0 Å². The summed E-state index contributed by atoms with van der Waals surface area (Å²) >= 11 is 0. The summed E-state index contributed by atoms with van der Waals surface area (Å²) in [6, 6.07) is 0. The second-order valence-corrected chi connectivity index (χ2v) is 6.08. The molecule has 2 unspecified atom stereocenters. The van der Waals surface area contributed by atoms with Crippen molar-refractivity contribution >= 4 is 0 Å². The van der Waals surface area contributed by atoms with E-state index in [0.29, 0.717) is 10.8 Å². The predicted octanol–water partition coefficient (Wildman–Crippen LogP) is 4.17. The molecule has 1 saturated carbocycles. The van der Waals surface area contributed by atoms with Crippen molar-refractivity contribution in [3.05, 3.63) is 11.1 Å². The summed E-state index contributed by atoms with van der Waals surface area (Å²) in [6.07, 6.45) is 4.32. The number of hydrogen-bond acceptors (Lipinski definition) is 0. The fourth-order valence-corrected chi connectivity index (χ4v) is 3.68. The minimum atomic E-state index is 0.462. The SMILES string of the molecule is CC1=C(C)C2(C(C)(C)C)CCC1C2. The van der Waals surface area contributed by atoms with Gasteiger partial charge in [-0.05, 0) is 49.9 Å². The molecule has 13 heavy (non-hydrogen) atoms. The number of hydrogen-bond donors (Lipinski definition) is 0. The van der Waals surface area contributed by atoms with Gasteiger partial charge in [0.1, 0.15) is 0 Å². The van der Waals surface area contributed by atoms with Gasteiger partial charge in [-0.15, -0.1) is 0 Å². The van der Waals surface area contributed by atoms with E-state index in [2.05, 4.69) is 34.6 Å². The third-order valence-electron chi connectivity index (χ3n) is 4.87. The molecular weight excluding hydrogens is 156 g/mol. The molecule has 2 bridgehead atoms. The topological polar surface area (TPSA) is 0 Å². The summed E-state index contributed by atoms with van der Waals surface area (Å²) in [6.45, 7) is 12.0. The Morgan fingerprint density at radius 1 is 1.23 bits per heavy atom. The molecule has 2 rings (SSSR count). The highest BCUT2D eigenvalue weighted by molar-refractivity contribution is 5.33. The van der Waals surface area contributed by atoms with Crippen molar-refractivity contribution < 1.29 is 0 Å². The molecular formula is C13H22. The van der Waals surface area contributed by atoms with Crippen molar-refractivity contribution in [3.63, 3.8) is 0 Å². The lowest BCUT2D eigenvalue weighted by molar-refractivity contribution is 0.142. The van der Waals surface area contributed by atoms with Crippen LogP contribution < -0.4 is 0 Å². The molecule has 0 amide bonds. The van der Waals surface area contributed by atoms with Crippen LogP contribution in [-0.4, -0.2) is 0 Å². The summed E-state index contributed by atoms with van der Waals surface area (Å²) in [4.78, 5) is 0. The summed E-state index contributed by atoms with van der Waals surface area (Å²) in [5.74, 6) is 0.930. The van der Waals surface area contributed by atoms with E-state index in [4.69, 9.17) is 0 Å². The third kappa shape index (κ3) is 0.978. The molecule has 0 aromatic rings. The van der Waals surface area contributed by atoms with Gasteiger partial charge in [0.05, 0.1) is 0 Å². The first-order valence-corrected chi connectivity index (χ1v) is 5.56. The van der Waals surface area contributed by atoms with Gasteiger partial charge in [-0.1, -0.05) is 31.9 Å². The largest absolute Gasteiger partial charge is 0.0707 e. The standard InChI is InChI=1S/C13H22/c1-9-10(2)13(12(3,4)5)7-6-11(9)8-13/h11H,6-8H2,1-5H3. The highest BCUT2D eigenvalue weighted by Crippen LogP contribution is 2.64. The van der Waals surface area contributed by atoms with Crippen LogP contribution in [0, 0.1) is 16.7 Å². The molecule has 0 heteroatoms.